The Labute approximate surface area is 97.3 Å². The fourth-order valence-electron chi connectivity index (χ4n) is 1.48. The van der Waals surface area contributed by atoms with Crippen LogP contribution in [0.25, 0.3) is 5.69 Å². The molecule has 1 N–H and O–H groups in total. The maximum Gasteiger partial charge on any atom is 0.335 e. The molecule has 0 aliphatic rings. The lowest BCUT2D eigenvalue weighted by Crippen LogP contribution is -1.99. The Kier molecular flexibility index (Phi) is 2.74. The zero-order valence-electron chi connectivity index (χ0n) is 9.12. The second kappa shape index (κ2) is 4.21. The molecular formula is C12H10N2O3. The number of aromatic nitrogens is 2. The Balaban J connectivity index is 2.39. The molecule has 0 aliphatic heterocycles. The Hall–Kier alpha value is -2.43. The molecule has 0 spiro atoms. The summed E-state index contributed by atoms with van der Waals surface area (Å²) in [6, 6.07) is 6.28. The highest BCUT2D eigenvalue weighted by Gasteiger charge is 2.06. The van der Waals surface area contributed by atoms with Gasteiger partial charge in [-0.15, -0.1) is 0 Å². The molecule has 0 unspecified atom stereocenters. The molecule has 0 saturated heterocycles. The molecule has 2 rings (SSSR count). The largest absolute Gasteiger partial charge is 0.478 e. The number of carbonyl (C=O) groups is 2. The molecule has 0 bridgehead atoms. The lowest BCUT2D eigenvalue weighted by molar-refractivity contribution is 0.0696. The molecule has 1 heterocycles. The Bertz CT molecular complexity index is 570. The Morgan fingerprint density at radius 2 is 2.00 bits per heavy atom. The first-order valence-electron chi connectivity index (χ1n) is 4.97. The van der Waals surface area contributed by atoms with Crippen LogP contribution in [0.3, 0.4) is 0 Å². The van der Waals surface area contributed by atoms with E-state index in [0.717, 1.165) is 5.56 Å². The average molecular weight is 230 g/mol. The second-order valence-corrected chi connectivity index (χ2v) is 3.61. The average Bonchev–Trinajstić information content (AvgIpc) is 2.70. The van der Waals surface area contributed by atoms with E-state index < -0.39 is 5.97 Å². The number of benzene rings is 1. The molecule has 2 aromatic rings. The van der Waals surface area contributed by atoms with Crippen LogP contribution in [0, 0.1) is 6.92 Å². The van der Waals surface area contributed by atoms with Gasteiger partial charge in [0.15, 0.2) is 6.29 Å². The molecule has 1 aromatic heterocycles. The number of aldehydes is 1. The number of carbonyl (C=O) groups excluding carboxylic acids is 1. The van der Waals surface area contributed by atoms with Crippen molar-refractivity contribution < 1.29 is 14.7 Å². The van der Waals surface area contributed by atoms with Crippen LogP contribution in [0.4, 0.5) is 0 Å². The van der Waals surface area contributed by atoms with Crippen molar-refractivity contribution in [3.05, 3.63) is 47.3 Å². The van der Waals surface area contributed by atoms with Crippen LogP contribution in [0.15, 0.2) is 30.5 Å². The van der Waals surface area contributed by atoms with Crippen LogP contribution in [0.1, 0.15) is 26.4 Å². The number of carboxylic acid groups (broad SMARTS) is 1. The number of aromatic carboxylic acids is 1. The molecule has 0 radical (unpaired) electrons. The molecule has 5 nitrogen and oxygen atoms in total. The van der Waals surface area contributed by atoms with E-state index in [9.17, 15) is 9.59 Å². The third-order valence-electron chi connectivity index (χ3n) is 2.43. The maximum absolute atomic E-state index is 10.7. The quantitative estimate of drug-likeness (QED) is 0.814. The van der Waals surface area contributed by atoms with Gasteiger partial charge in [0.2, 0.25) is 0 Å². The van der Waals surface area contributed by atoms with E-state index in [2.05, 4.69) is 5.10 Å². The van der Waals surface area contributed by atoms with Crippen molar-refractivity contribution in [1.82, 2.24) is 9.78 Å². The minimum absolute atomic E-state index is 0.216. The summed E-state index contributed by atoms with van der Waals surface area (Å²) in [6.45, 7) is 1.79. The predicted octanol–water partition coefficient (Wildman–Crippen LogP) is 1.69. The summed E-state index contributed by atoms with van der Waals surface area (Å²) in [6.07, 6.45) is 2.41. The summed E-state index contributed by atoms with van der Waals surface area (Å²) in [5, 5.41) is 12.8. The van der Waals surface area contributed by atoms with Crippen molar-refractivity contribution in [3.63, 3.8) is 0 Å². The van der Waals surface area contributed by atoms with Gasteiger partial charge in [0, 0.05) is 6.20 Å². The SMILES string of the molecule is Cc1cn(-c2ccc(C(=O)O)cc2)nc1C=O. The lowest BCUT2D eigenvalue weighted by Gasteiger charge is -2.01. The van der Waals surface area contributed by atoms with E-state index in [0.29, 0.717) is 17.7 Å². The third kappa shape index (κ3) is 2.08. The van der Waals surface area contributed by atoms with Gasteiger partial charge in [0.25, 0.3) is 0 Å². The summed E-state index contributed by atoms with van der Waals surface area (Å²) in [5.74, 6) is -0.971. The highest BCUT2D eigenvalue weighted by Crippen LogP contribution is 2.12. The van der Waals surface area contributed by atoms with Crippen molar-refractivity contribution in [3.8, 4) is 5.69 Å². The fraction of sp³-hybridized carbons (Fsp3) is 0.0833. The van der Waals surface area contributed by atoms with Crippen molar-refractivity contribution in [1.29, 1.82) is 0 Å². The van der Waals surface area contributed by atoms with E-state index in [1.165, 1.54) is 12.1 Å². The summed E-state index contributed by atoms with van der Waals surface area (Å²) in [4.78, 5) is 21.3. The highest BCUT2D eigenvalue weighted by atomic mass is 16.4. The van der Waals surface area contributed by atoms with Gasteiger partial charge in [-0.2, -0.15) is 5.10 Å². The number of carboxylic acids is 1. The Morgan fingerprint density at radius 3 is 2.47 bits per heavy atom. The van der Waals surface area contributed by atoms with Gasteiger partial charge in [-0.05, 0) is 36.8 Å². The molecule has 0 amide bonds. The van der Waals surface area contributed by atoms with Crippen LogP contribution in [-0.4, -0.2) is 27.1 Å². The van der Waals surface area contributed by atoms with Crippen molar-refractivity contribution >= 4 is 12.3 Å². The van der Waals surface area contributed by atoms with E-state index in [1.54, 1.807) is 29.9 Å². The smallest absolute Gasteiger partial charge is 0.335 e. The van der Waals surface area contributed by atoms with Gasteiger partial charge < -0.3 is 5.11 Å². The van der Waals surface area contributed by atoms with Crippen LogP contribution in [-0.2, 0) is 0 Å². The number of hydrogen-bond acceptors (Lipinski definition) is 3. The molecule has 86 valence electrons. The molecule has 0 atom stereocenters. The zero-order valence-corrected chi connectivity index (χ0v) is 9.12. The van der Waals surface area contributed by atoms with Crippen LogP contribution < -0.4 is 0 Å². The van der Waals surface area contributed by atoms with Crippen LogP contribution in [0.2, 0.25) is 0 Å². The number of nitrogens with zero attached hydrogens (tertiary/aromatic N) is 2. The van der Waals surface area contributed by atoms with Gasteiger partial charge >= 0.3 is 5.97 Å². The molecule has 0 saturated carbocycles. The van der Waals surface area contributed by atoms with Gasteiger partial charge in [0.1, 0.15) is 5.69 Å². The fourth-order valence-corrected chi connectivity index (χ4v) is 1.48. The minimum atomic E-state index is -0.971. The number of aryl methyl sites for hydroxylation is 1. The molecular weight excluding hydrogens is 220 g/mol. The second-order valence-electron chi connectivity index (χ2n) is 3.61. The van der Waals surface area contributed by atoms with Gasteiger partial charge in [0.05, 0.1) is 11.3 Å². The number of hydrogen-bond donors (Lipinski definition) is 1. The standard InChI is InChI=1S/C12H10N2O3/c1-8-6-14(13-11(8)7-15)10-4-2-9(3-5-10)12(16)17/h2-7H,1H3,(H,16,17). The summed E-state index contributed by atoms with van der Waals surface area (Å²) < 4.78 is 1.55. The van der Waals surface area contributed by atoms with Crippen molar-refractivity contribution in [2.75, 3.05) is 0 Å². The van der Waals surface area contributed by atoms with Gasteiger partial charge in [-0.1, -0.05) is 0 Å². The number of rotatable bonds is 3. The zero-order chi connectivity index (χ0) is 12.4. The predicted molar refractivity (Wildman–Crippen MR) is 60.6 cm³/mol. The monoisotopic (exact) mass is 230 g/mol. The molecule has 0 fully saturated rings. The minimum Gasteiger partial charge on any atom is -0.478 e. The van der Waals surface area contributed by atoms with Crippen LogP contribution in [0.5, 0.6) is 0 Å². The summed E-state index contributed by atoms with van der Waals surface area (Å²) in [5.41, 5.74) is 2.09. The van der Waals surface area contributed by atoms with Crippen LogP contribution >= 0.6 is 0 Å². The topological polar surface area (TPSA) is 72.2 Å². The first-order chi connectivity index (χ1) is 8.11. The lowest BCUT2D eigenvalue weighted by atomic mass is 10.2. The van der Waals surface area contributed by atoms with Crippen molar-refractivity contribution in [2.45, 2.75) is 6.92 Å². The molecule has 1 aromatic carbocycles. The molecule has 0 aliphatic carbocycles. The van der Waals surface area contributed by atoms with Crippen molar-refractivity contribution in [2.24, 2.45) is 0 Å². The van der Waals surface area contributed by atoms with E-state index in [1.807, 2.05) is 0 Å². The molecule has 5 heteroatoms. The van der Waals surface area contributed by atoms with Gasteiger partial charge in [-0.3, -0.25) is 4.79 Å². The Morgan fingerprint density at radius 1 is 1.35 bits per heavy atom. The normalized spacial score (nSPS) is 10.2. The third-order valence-corrected chi connectivity index (χ3v) is 2.43. The summed E-state index contributed by atoms with van der Waals surface area (Å²) >= 11 is 0. The first kappa shape index (κ1) is 11.1. The van der Waals surface area contributed by atoms with E-state index in [4.69, 9.17) is 5.11 Å². The summed E-state index contributed by atoms with van der Waals surface area (Å²) in [7, 11) is 0. The maximum atomic E-state index is 10.7. The van der Waals surface area contributed by atoms with E-state index >= 15 is 0 Å². The molecule has 17 heavy (non-hydrogen) atoms. The first-order valence-corrected chi connectivity index (χ1v) is 4.97. The van der Waals surface area contributed by atoms with Gasteiger partial charge in [-0.25, -0.2) is 9.48 Å². The van der Waals surface area contributed by atoms with E-state index in [-0.39, 0.29) is 5.56 Å². The highest BCUT2D eigenvalue weighted by molar-refractivity contribution is 5.87.